The van der Waals surface area contributed by atoms with Gasteiger partial charge in [0, 0.05) is 52.3 Å². The van der Waals surface area contributed by atoms with Crippen molar-refractivity contribution in [2.24, 2.45) is 22.7 Å². The van der Waals surface area contributed by atoms with Gasteiger partial charge in [-0.1, -0.05) is 63.9 Å². The molecule has 4 aliphatic heterocycles. The third-order valence-corrected chi connectivity index (χ3v) is 12.9. The first-order valence-corrected chi connectivity index (χ1v) is 21.3. The molecule has 2 bridgehead atoms. The summed E-state index contributed by atoms with van der Waals surface area (Å²) in [5, 5.41) is 13.3. The number of cyclic esters (lactones) is 1. The first-order chi connectivity index (χ1) is 27.4. The Morgan fingerprint density at radius 3 is 2.62 bits per heavy atom. The molecule has 4 aliphatic rings. The van der Waals surface area contributed by atoms with Gasteiger partial charge in [0.05, 0.1) is 42.5 Å². The fraction of sp³-hybridized carbons (Fsp3) is 0.644. The highest BCUT2D eigenvalue weighted by molar-refractivity contribution is 6.31. The SMILES string of the molecule is CCC[C@@H]1OC(=O)/C(C)=C/[C@H](C)[C@@H](O[C@H]2O[C@@H](C)C[C@@H](N(C)C)C2O)[C@@](C)(OC/C=C/c2cnc3ccc(Cl)cc3c2)C[C@@H](C)C2=NCCN3C(=O)O[C@@]1(C)[C@H]3[C@@H]2C. The number of pyridine rings is 1. The van der Waals surface area contributed by atoms with E-state index < -0.39 is 59.8 Å². The zero-order valence-electron chi connectivity index (χ0n) is 35.8. The molecule has 1 N–H and O–H groups in total. The van der Waals surface area contributed by atoms with Gasteiger partial charge in [-0.15, -0.1) is 0 Å². The van der Waals surface area contributed by atoms with Crippen LogP contribution in [0.15, 0.2) is 53.2 Å². The van der Waals surface area contributed by atoms with Crippen LogP contribution < -0.4 is 0 Å². The number of halogens is 1. The topological polar surface area (TPSA) is 132 Å². The Morgan fingerprint density at radius 2 is 1.90 bits per heavy atom. The van der Waals surface area contributed by atoms with Crippen molar-refractivity contribution in [2.75, 3.05) is 33.8 Å². The van der Waals surface area contributed by atoms with Crippen molar-refractivity contribution in [1.82, 2.24) is 14.8 Å². The van der Waals surface area contributed by atoms with Crippen LogP contribution in [0.5, 0.6) is 0 Å². The molecule has 12 atom stereocenters. The molecule has 2 aromatic rings. The number of nitrogens with zero attached hydrogens (tertiary/aromatic N) is 4. The van der Waals surface area contributed by atoms with E-state index in [0.29, 0.717) is 42.9 Å². The van der Waals surface area contributed by atoms with Crippen molar-refractivity contribution in [3.8, 4) is 0 Å². The van der Waals surface area contributed by atoms with Crippen molar-refractivity contribution < 1.29 is 38.4 Å². The number of aliphatic imine (C=N–C) groups is 1. The predicted molar refractivity (Wildman–Crippen MR) is 226 cm³/mol. The molecule has 318 valence electrons. The highest BCUT2D eigenvalue weighted by Crippen LogP contribution is 2.44. The van der Waals surface area contributed by atoms with Gasteiger partial charge < -0.3 is 33.7 Å². The van der Waals surface area contributed by atoms with Crippen LogP contribution in [-0.2, 0) is 28.5 Å². The molecular weight excluding hydrogens is 760 g/mol. The second-order valence-electron chi connectivity index (χ2n) is 17.5. The summed E-state index contributed by atoms with van der Waals surface area (Å²) >= 11 is 6.28. The smallest absolute Gasteiger partial charge is 0.410 e. The maximum absolute atomic E-state index is 14.1. The van der Waals surface area contributed by atoms with Crippen LogP contribution in [-0.4, -0.2) is 125 Å². The third kappa shape index (κ3) is 9.17. The van der Waals surface area contributed by atoms with E-state index >= 15 is 0 Å². The fourth-order valence-electron chi connectivity index (χ4n) is 9.90. The number of esters is 1. The van der Waals surface area contributed by atoms with Crippen LogP contribution in [0.3, 0.4) is 0 Å². The number of hydrogen-bond acceptors (Lipinski definition) is 11. The number of rotatable bonds is 9. The Kier molecular flexibility index (Phi) is 13.8. The maximum Gasteiger partial charge on any atom is 0.410 e. The lowest BCUT2D eigenvalue weighted by Crippen LogP contribution is -2.59. The van der Waals surface area contributed by atoms with E-state index in [1.165, 1.54) is 0 Å². The number of ether oxygens (including phenoxy) is 5. The standard InChI is InChI=1S/C45H63ClN4O8/c1-11-13-36-45(8)39-30(6)37(47-17-18-50(39)43(53)58-45)28(4)24-44(7,54-19-12-14-31-22-32-23-33(46)15-16-34(32)48-25-31)40(26(2)20-27(3)41(52)56-36)57-42-38(51)35(49(9)10)21-29(5)55-42/h12,14-16,20,22-23,25-26,28-30,35-36,38-40,42,51H,11,13,17-19,21,24H2,1-10H3/b14-12+,27-20+/t26-,28+,29-,30+,35+,36-,38?,39+,40+,42+,44-,45+/m0/s1. The van der Waals surface area contributed by atoms with Crippen molar-refractivity contribution in [1.29, 1.82) is 0 Å². The Bertz CT molecular complexity index is 1900. The Hall–Kier alpha value is -3.39. The zero-order chi connectivity index (χ0) is 42.1. The fourth-order valence-corrected chi connectivity index (χ4v) is 10.1. The quantitative estimate of drug-likeness (QED) is 0.254. The van der Waals surface area contributed by atoms with Gasteiger partial charge in [0.1, 0.15) is 12.2 Å². The molecule has 2 saturated heterocycles. The number of carbonyl (C=O) groups excluding carboxylic acids is 2. The van der Waals surface area contributed by atoms with Crippen LogP contribution >= 0.6 is 11.6 Å². The summed E-state index contributed by atoms with van der Waals surface area (Å²) in [4.78, 5) is 41.2. The van der Waals surface area contributed by atoms with E-state index in [9.17, 15) is 14.7 Å². The molecule has 0 radical (unpaired) electrons. The molecule has 58 heavy (non-hydrogen) atoms. The largest absolute Gasteiger partial charge is 0.455 e. The average Bonchev–Trinajstić information content (AvgIpc) is 3.29. The molecule has 13 heteroatoms. The number of aliphatic hydroxyl groups excluding tert-OH is 1. The maximum atomic E-state index is 14.1. The summed E-state index contributed by atoms with van der Waals surface area (Å²) in [7, 11) is 3.89. The molecule has 1 amide bonds. The van der Waals surface area contributed by atoms with E-state index in [1.807, 2.05) is 102 Å². The van der Waals surface area contributed by atoms with Crippen molar-refractivity contribution in [3.05, 3.63) is 58.8 Å². The van der Waals surface area contributed by atoms with Crippen molar-refractivity contribution >= 4 is 46.4 Å². The summed E-state index contributed by atoms with van der Waals surface area (Å²) in [6, 6.07) is 7.04. The summed E-state index contributed by atoms with van der Waals surface area (Å²) in [5.74, 6) is -1.28. The van der Waals surface area contributed by atoms with Gasteiger partial charge in [-0.3, -0.25) is 14.9 Å². The number of benzene rings is 1. The Morgan fingerprint density at radius 1 is 1.14 bits per heavy atom. The number of hydrogen-bond donors (Lipinski definition) is 1. The van der Waals surface area contributed by atoms with Gasteiger partial charge in [-0.25, -0.2) is 9.59 Å². The number of carbonyl (C=O) groups is 2. The van der Waals surface area contributed by atoms with Gasteiger partial charge in [0.2, 0.25) is 0 Å². The molecule has 12 nitrogen and oxygen atoms in total. The van der Waals surface area contributed by atoms with E-state index in [2.05, 4.69) is 18.8 Å². The highest BCUT2D eigenvalue weighted by Gasteiger charge is 2.60. The second-order valence-corrected chi connectivity index (χ2v) is 18.0. The van der Waals surface area contributed by atoms with Gasteiger partial charge in [0.15, 0.2) is 11.9 Å². The van der Waals surface area contributed by atoms with Crippen LogP contribution in [0.1, 0.15) is 86.6 Å². The van der Waals surface area contributed by atoms with Crippen LogP contribution in [0, 0.1) is 17.8 Å². The van der Waals surface area contributed by atoms with E-state index in [-0.39, 0.29) is 30.6 Å². The molecule has 0 aliphatic carbocycles. The minimum atomic E-state index is -1.10. The van der Waals surface area contributed by atoms with Crippen LogP contribution in [0.25, 0.3) is 17.0 Å². The summed E-state index contributed by atoms with van der Waals surface area (Å²) in [6.45, 7) is 17.0. The third-order valence-electron chi connectivity index (χ3n) is 12.7. The van der Waals surface area contributed by atoms with Crippen LogP contribution in [0.2, 0.25) is 5.02 Å². The Labute approximate surface area is 348 Å². The molecule has 0 spiro atoms. The summed E-state index contributed by atoms with van der Waals surface area (Å²) < 4.78 is 32.9. The van der Waals surface area contributed by atoms with Gasteiger partial charge >= 0.3 is 12.1 Å². The average molecular weight is 823 g/mol. The van der Waals surface area contributed by atoms with Gasteiger partial charge in [-0.05, 0) is 96.8 Å². The first kappa shape index (κ1) is 44.2. The molecule has 1 unspecified atom stereocenters. The molecule has 6 rings (SSSR count). The predicted octanol–water partition coefficient (Wildman–Crippen LogP) is 7.49. The zero-order valence-corrected chi connectivity index (χ0v) is 36.6. The van der Waals surface area contributed by atoms with Crippen molar-refractivity contribution in [3.63, 3.8) is 0 Å². The minimum absolute atomic E-state index is 0.137. The molecule has 2 fully saturated rings. The normalized spacial score (nSPS) is 37.2. The number of amides is 1. The van der Waals surface area contributed by atoms with E-state index in [1.54, 1.807) is 11.8 Å². The molecule has 1 aromatic carbocycles. The number of aromatic nitrogens is 1. The van der Waals surface area contributed by atoms with E-state index in [0.717, 1.165) is 28.6 Å². The number of aliphatic hydroxyl groups is 1. The molecule has 0 saturated carbocycles. The molecular formula is C45H63ClN4O8. The monoisotopic (exact) mass is 822 g/mol. The highest BCUT2D eigenvalue weighted by atomic mass is 35.5. The molecule has 5 heterocycles. The number of likely N-dealkylation sites (N-methyl/N-ethyl adjacent to an activating group) is 1. The van der Waals surface area contributed by atoms with E-state index in [4.69, 9.17) is 40.3 Å². The Balaban J connectivity index is 1.42. The van der Waals surface area contributed by atoms with Crippen LogP contribution in [0.4, 0.5) is 4.79 Å². The van der Waals surface area contributed by atoms with Gasteiger partial charge in [-0.2, -0.15) is 0 Å². The van der Waals surface area contributed by atoms with Gasteiger partial charge in [0.25, 0.3) is 0 Å². The summed E-state index contributed by atoms with van der Waals surface area (Å²) in [6.07, 6.45) is 6.07. The minimum Gasteiger partial charge on any atom is -0.455 e. The number of fused-ring (bicyclic) bond motifs is 2. The first-order valence-electron chi connectivity index (χ1n) is 20.9. The lowest BCUT2D eigenvalue weighted by atomic mass is 9.73. The lowest BCUT2D eigenvalue weighted by Gasteiger charge is -2.47. The summed E-state index contributed by atoms with van der Waals surface area (Å²) in [5.41, 5.74) is 0.958. The second kappa shape index (κ2) is 18.1. The molecule has 1 aromatic heterocycles. The lowest BCUT2D eigenvalue weighted by molar-refractivity contribution is -0.295. The van der Waals surface area contributed by atoms with Crippen molar-refractivity contribution in [2.45, 2.75) is 135 Å².